The Hall–Kier alpha value is -1.26. The minimum Gasteiger partial charge on any atom is -0.480 e. The molecule has 0 unspecified atom stereocenters. The average Bonchev–Trinajstić information content (AvgIpc) is 2.68. The molecule has 0 radical (unpaired) electrons. The van der Waals surface area contributed by atoms with E-state index in [1.807, 2.05) is 13.8 Å². The van der Waals surface area contributed by atoms with Crippen molar-refractivity contribution in [3.05, 3.63) is 0 Å². The summed E-state index contributed by atoms with van der Waals surface area (Å²) in [5.41, 5.74) is 0. The van der Waals surface area contributed by atoms with Gasteiger partial charge < -0.3 is 15.7 Å². The molecule has 1 fully saturated rings. The zero-order valence-corrected chi connectivity index (χ0v) is 10.5. The normalized spacial score (nSPS) is 18.1. The molecule has 0 aliphatic heterocycles. The number of carbonyl (C=O) groups is 2. The largest absolute Gasteiger partial charge is 0.480 e. The number of aliphatic carboxylic acids is 1. The topological polar surface area (TPSA) is 78.4 Å². The third kappa shape index (κ3) is 5.06. The van der Waals surface area contributed by atoms with Crippen LogP contribution in [0.25, 0.3) is 0 Å². The van der Waals surface area contributed by atoms with Crippen molar-refractivity contribution in [2.24, 2.45) is 5.92 Å². The first-order valence-electron chi connectivity index (χ1n) is 6.29. The van der Waals surface area contributed by atoms with Crippen LogP contribution in [-0.2, 0) is 4.79 Å². The summed E-state index contributed by atoms with van der Waals surface area (Å²) in [6, 6.07) is -0.940. The Balaban J connectivity index is 2.37. The predicted molar refractivity (Wildman–Crippen MR) is 64.8 cm³/mol. The fourth-order valence-corrected chi connectivity index (χ4v) is 2.15. The van der Waals surface area contributed by atoms with Gasteiger partial charge in [-0.1, -0.05) is 26.7 Å². The quantitative estimate of drug-likeness (QED) is 0.687. The number of carboxylic acid groups (broad SMARTS) is 1. The van der Waals surface area contributed by atoms with Gasteiger partial charge in [-0.25, -0.2) is 9.59 Å². The summed E-state index contributed by atoms with van der Waals surface area (Å²) >= 11 is 0. The Bertz CT molecular complexity index is 273. The average molecular weight is 242 g/mol. The Labute approximate surface area is 102 Å². The Morgan fingerprint density at radius 3 is 2.35 bits per heavy atom. The van der Waals surface area contributed by atoms with Crippen LogP contribution in [0, 0.1) is 5.92 Å². The second-order valence-electron chi connectivity index (χ2n) is 5.12. The van der Waals surface area contributed by atoms with E-state index in [9.17, 15) is 9.59 Å². The molecule has 5 nitrogen and oxygen atoms in total. The lowest BCUT2D eigenvalue weighted by Crippen LogP contribution is -2.48. The van der Waals surface area contributed by atoms with Gasteiger partial charge in [0.15, 0.2) is 0 Å². The molecule has 2 amide bonds. The van der Waals surface area contributed by atoms with Crippen LogP contribution in [0.3, 0.4) is 0 Å². The highest BCUT2D eigenvalue weighted by Crippen LogP contribution is 2.17. The molecule has 1 saturated carbocycles. The number of nitrogens with one attached hydrogen (secondary N) is 2. The molecule has 17 heavy (non-hydrogen) atoms. The van der Waals surface area contributed by atoms with E-state index in [1.54, 1.807) is 0 Å². The molecule has 98 valence electrons. The van der Waals surface area contributed by atoms with Gasteiger partial charge in [0.05, 0.1) is 0 Å². The number of carbonyl (C=O) groups excluding carboxylic acids is 1. The molecule has 1 rings (SSSR count). The summed E-state index contributed by atoms with van der Waals surface area (Å²) in [5, 5.41) is 14.3. The second-order valence-corrected chi connectivity index (χ2v) is 5.12. The van der Waals surface area contributed by atoms with E-state index in [0.717, 1.165) is 25.7 Å². The maximum absolute atomic E-state index is 11.6. The molecule has 0 aromatic rings. The van der Waals surface area contributed by atoms with E-state index < -0.39 is 12.0 Å². The highest BCUT2D eigenvalue weighted by atomic mass is 16.4. The first-order valence-corrected chi connectivity index (χ1v) is 6.29. The maximum atomic E-state index is 11.6. The first kappa shape index (κ1) is 13.8. The van der Waals surface area contributed by atoms with Crippen LogP contribution in [-0.4, -0.2) is 29.2 Å². The van der Waals surface area contributed by atoms with E-state index >= 15 is 0 Å². The highest BCUT2D eigenvalue weighted by Gasteiger charge is 2.23. The smallest absolute Gasteiger partial charge is 0.326 e. The van der Waals surface area contributed by atoms with Crippen molar-refractivity contribution >= 4 is 12.0 Å². The third-order valence-corrected chi connectivity index (χ3v) is 3.00. The van der Waals surface area contributed by atoms with Crippen molar-refractivity contribution in [3.8, 4) is 0 Å². The van der Waals surface area contributed by atoms with E-state index in [4.69, 9.17) is 5.11 Å². The van der Waals surface area contributed by atoms with Crippen LogP contribution in [0.4, 0.5) is 4.79 Å². The molecule has 0 aromatic carbocycles. The molecule has 0 saturated heterocycles. The zero-order chi connectivity index (χ0) is 12.8. The molecule has 0 aromatic heterocycles. The van der Waals surface area contributed by atoms with Gasteiger partial charge >= 0.3 is 12.0 Å². The summed E-state index contributed by atoms with van der Waals surface area (Å²) < 4.78 is 0. The van der Waals surface area contributed by atoms with E-state index in [0.29, 0.717) is 6.42 Å². The molecule has 0 bridgehead atoms. The number of hydrogen-bond donors (Lipinski definition) is 3. The SMILES string of the molecule is CC(C)C[C@H](NC(=O)NC1CCCC1)C(=O)O. The Morgan fingerprint density at radius 2 is 1.88 bits per heavy atom. The maximum Gasteiger partial charge on any atom is 0.326 e. The van der Waals surface area contributed by atoms with Crippen LogP contribution in [0.5, 0.6) is 0 Å². The van der Waals surface area contributed by atoms with Crippen LogP contribution in [0.2, 0.25) is 0 Å². The van der Waals surface area contributed by atoms with Crippen LogP contribution in [0.15, 0.2) is 0 Å². The van der Waals surface area contributed by atoms with Gasteiger partial charge in [0.25, 0.3) is 0 Å². The fourth-order valence-electron chi connectivity index (χ4n) is 2.15. The number of amides is 2. The molecule has 0 spiro atoms. The van der Waals surface area contributed by atoms with Crippen LogP contribution < -0.4 is 10.6 Å². The van der Waals surface area contributed by atoms with Crippen LogP contribution in [0.1, 0.15) is 46.0 Å². The molecular weight excluding hydrogens is 220 g/mol. The first-order chi connectivity index (χ1) is 7.99. The minimum absolute atomic E-state index is 0.212. The van der Waals surface area contributed by atoms with Gasteiger partial charge in [-0.15, -0.1) is 0 Å². The van der Waals surface area contributed by atoms with Gasteiger partial charge in [-0.05, 0) is 25.2 Å². The molecule has 3 N–H and O–H groups in total. The number of urea groups is 1. The third-order valence-electron chi connectivity index (χ3n) is 3.00. The summed E-state index contributed by atoms with van der Waals surface area (Å²) in [4.78, 5) is 22.6. The van der Waals surface area contributed by atoms with Crippen LogP contribution >= 0.6 is 0 Å². The van der Waals surface area contributed by atoms with Crippen molar-refractivity contribution < 1.29 is 14.7 Å². The molecular formula is C12H22N2O3. The summed E-state index contributed by atoms with van der Waals surface area (Å²) in [7, 11) is 0. The van der Waals surface area contributed by atoms with Gasteiger partial charge in [0.2, 0.25) is 0 Å². The standard InChI is InChI=1S/C12H22N2O3/c1-8(2)7-10(11(15)16)14-12(17)13-9-5-3-4-6-9/h8-10H,3-7H2,1-2H3,(H,15,16)(H2,13,14,17)/t10-/m0/s1. The van der Waals surface area contributed by atoms with Gasteiger partial charge in [-0.3, -0.25) is 0 Å². The lowest BCUT2D eigenvalue weighted by molar-refractivity contribution is -0.139. The van der Waals surface area contributed by atoms with E-state index in [1.165, 1.54) is 0 Å². The summed E-state index contributed by atoms with van der Waals surface area (Å²) in [6.45, 7) is 3.87. The van der Waals surface area contributed by atoms with Gasteiger partial charge in [0, 0.05) is 6.04 Å². The number of rotatable bonds is 5. The summed E-state index contributed by atoms with van der Waals surface area (Å²) in [5.74, 6) is -0.733. The van der Waals surface area contributed by atoms with Gasteiger partial charge in [0.1, 0.15) is 6.04 Å². The van der Waals surface area contributed by atoms with Crippen molar-refractivity contribution in [1.82, 2.24) is 10.6 Å². The number of carboxylic acids is 1. The summed E-state index contributed by atoms with van der Waals surface area (Å²) in [6.07, 6.45) is 4.72. The lowest BCUT2D eigenvalue weighted by atomic mass is 10.0. The van der Waals surface area contributed by atoms with E-state index in [-0.39, 0.29) is 18.0 Å². The predicted octanol–water partition coefficient (Wildman–Crippen LogP) is 1.73. The van der Waals surface area contributed by atoms with Crippen molar-refractivity contribution in [3.63, 3.8) is 0 Å². The zero-order valence-electron chi connectivity index (χ0n) is 10.5. The van der Waals surface area contributed by atoms with Crippen molar-refractivity contribution in [2.75, 3.05) is 0 Å². The van der Waals surface area contributed by atoms with Crippen molar-refractivity contribution in [1.29, 1.82) is 0 Å². The lowest BCUT2D eigenvalue weighted by Gasteiger charge is -2.19. The Morgan fingerprint density at radius 1 is 1.29 bits per heavy atom. The highest BCUT2D eigenvalue weighted by molar-refractivity contribution is 5.82. The fraction of sp³-hybridized carbons (Fsp3) is 0.833. The van der Waals surface area contributed by atoms with E-state index in [2.05, 4.69) is 10.6 Å². The minimum atomic E-state index is -0.972. The van der Waals surface area contributed by atoms with Gasteiger partial charge in [-0.2, -0.15) is 0 Å². The Kier molecular flexibility index (Phi) is 5.25. The number of hydrogen-bond acceptors (Lipinski definition) is 2. The molecule has 5 heteroatoms. The molecule has 1 aliphatic carbocycles. The molecule has 1 aliphatic rings. The monoisotopic (exact) mass is 242 g/mol. The molecule has 1 atom stereocenters. The molecule has 0 heterocycles. The second kappa shape index (κ2) is 6.47. The van der Waals surface area contributed by atoms with Crippen molar-refractivity contribution in [2.45, 2.75) is 58.0 Å².